The number of aromatic nitrogens is 2. The molecule has 2 N–H and O–H groups in total. The predicted molar refractivity (Wildman–Crippen MR) is 95.4 cm³/mol. The number of nitrogens with zero attached hydrogens (tertiary/aromatic N) is 2. The smallest absolute Gasteiger partial charge is 0.235 e. The molecule has 1 saturated carbocycles. The lowest BCUT2D eigenvalue weighted by molar-refractivity contribution is -0.122. The minimum Gasteiger partial charge on any atom is -0.480 e. The van der Waals surface area contributed by atoms with Crippen LogP contribution in [-0.2, 0) is 11.2 Å². The second kappa shape index (κ2) is 8.25. The van der Waals surface area contributed by atoms with Crippen molar-refractivity contribution < 1.29 is 14.6 Å². The number of amides is 1. The van der Waals surface area contributed by atoms with Gasteiger partial charge < -0.3 is 15.2 Å². The van der Waals surface area contributed by atoms with Crippen molar-refractivity contribution in [3.63, 3.8) is 0 Å². The number of fused-ring (bicyclic) bond motifs is 1. The minimum atomic E-state index is 0.0144. The molecule has 1 amide bonds. The zero-order chi connectivity index (χ0) is 17.6. The van der Waals surface area contributed by atoms with Gasteiger partial charge in [-0.3, -0.25) is 4.79 Å². The Morgan fingerprint density at radius 2 is 2.04 bits per heavy atom. The largest absolute Gasteiger partial charge is 0.480 e. The number of para-hydroxylation sites is 2. The molecule has 2 atom stereocenters. The van der Waals surface area contributed by atoms with Gasteiger partial charge in [-0.25, -0.2) is 9.97 Å². The van der Waals surface area contributed by atoms with E-state index in [1.54, 1.807) is 7.11 Å². The lowest BCUT2D eigenvalue weighted by atomic mass is 9.86. The molecule has 0 saturated heterocycles. The maximum absolute atomic E-state index is 12.3. The number of aryl methyl sites for hydroxylation is 1. The van der Waals surface area contributed by atoms with E-state index in [-0.39, 0.29) is 18.6 Å². The maximum Gasteiger partial charge on any atom is 0.235 e. The van der Waals surface area contributed by atoms with Crippen LogP contribution < -0.4 is 10.1 Å². The first kappa shape index (κ1) is 17.6. The number of nitrogens with one attached hydrogen (secondary N) is 1. The number of carbonyl (C=O) groups is 1. The highest BCUT2D eigenvalue weighted by molar-refractivity contribution is 5.77. The summed E-state index contributed by atoms with van der Waals surface area (Å²) in [6, 6.07) is 7.79. The number of benzene rings is 1. The Bertz CT molecular complexity index is 735. The molecule has 6 heteroatoms. The number of hydrogen-bond acceptors (Lipinski definition) is 5. The quantitative estimate of drug-likeness (QED) is 0.840. The van der Waals surface area contributed by atoms with Crippen LogP contribution >= 0.6 is 0 Å². The van der Waals surface area contributed by atoms with Gasteiger partial charge in [-0.1, -0.05) is 18.6 Å². The van der Waals surface area contributed by atoms with Crippen molar-refractivity contribution in [2.45, 2.75) is 44.6 Å². The topological polar surface area (TPSA) is 84.3 Å². The average Bonchev–Trinajstić information content (AvgIpc) is 2.65. The molecule has 0 bridgehead atoms. The fourth-order valence-electron chi connectivity index (χ4n) is 3.47. The molecule has 25 heavy (non-hydrogen) atoms. The normalized spacial score (nSPS) is 20.4. The molecule has 1 aliphatic carbocycles. The van der Waals surface area contributed by atoms with Gasteiger partial charge in [0.15, 0.2) is 0 Å². The molecule has 1 heterocycles. The molecule has 0 aliphatic heterocycles. The second-order valence-corrected chi connectivity index (χ2v) is 6.65. The van der Waals surface area contributed by atoms with Crippen molar-refractivity contribution in [3.05, 3.63) is 30.0 Å². The number of aliphatic hydroxyl groups excluding tert-OH is 1. The van der Waals surface area contributed by atoms with E-state index in [4.69, 9.17) is 4.74 Å². The summed E-state index contributed by atoms with van der Waals surface area (Å²) >= 11 is 0. The molecule has 0 unspecified atom stereocenters. The molecule has 134 valence electrons. The Kier molecular flexibility index (Phi) is 5.81. The third-order valence-corrected chi connectivity index (χ3v) is 4.79. The van der Waals surface area contributed by atoms with E-state index in [2.05, 4.69) is 15.3 Å². The van der Waals surface area contributed by atoms with E-state index in [1.165, 1.54) is 0 Å². The van der Waals surface area contributed by atoms with Crippen molar-refractivity contribution in [1.82, 2.24) is 15.3 Å². The zero-order valence-electron chi connectivity index (χ0n) is 14.6. The number of carbonyl (C=O) groups excluding carboxylic acids is 1. The number of ether oxygens (including phenoxy) is 1. The lowest BCUT2D eigenvalue weighted by Gasteiger charge is -2.28. The van der Waals surface area contributed by atoms with Crippen molar-refractivity contribution in [2.75, 3.05) is 13.7 Å². The summed E-state index contributed by atoms with van der Waals surface area (Å²) < 4.78 is 5.33. The molecule has 6 nitrogen and oxygen atoms in total. The van der Waals surface area contributed by atoms with Gasteiger partial charge in [-0.2, -0.15) is 0 Å². The first-order valence-electron chi connectivity index (χ1n) is 8.89. The van der Waals surface area contributed by atoms with Crippen molar-refractivity contribution in [3.8, 4) is 5.88 Å². The fourth-order valence-corrected chi connectivity index (χ4v) is 3.47. The molecule has 0 spiro atoms. The van der Waals surface area contributed by atoms with Gasteiger partial charge in [0.2, 0.25) is 11.8 Å². The van der Waals surface area contributed by atoms with E-state index in [0.717, 1.165) is 36.7 Å². The highest BCUT2D eigenvalue weighted by atomic mass is 16.5. The number of hydrogen-bond donors (Lipinski definition) is 2. The zero-order valence-corrected chi connectivity index (χ0v) is 14.6. The summed E-state index contributed by atoms with van der Waals surface area (Å²) in [4.78, 5) is 21.3. The van der Waals surface area contributed by atoms with Crippen LogP contribution in [-0.4, -0.2) is 40.7 Å². The monoisotopic (exact) mass is 343 g/mol. The summed E-state index contributed by atoms with van der Waals surface area (Å²) in [7, 11) is 1.57. The van der Waals surface area contributed by atoms with Crippen LogP contribution in [0.3, 0.4) is 0 Å². The standard InChI is InChI=1S/C19H25N3O3/c1-25-19-17(21-15-7-2-3-8-16(15)22-19)9-10-18(24)20-14-6-4-5-13(11-14)12-23/h2-3,7-8,13-14,23H,4-6,9-12H2,1H3,(H,20,24)/t13-,14-/m1/s1. The SMILES string of the molecule is COc1nc2ccccc2nc1CCC(=O)N[C@@H]1CCC[C@@H](CO)C1. The van der Waals surface area contributed by atoms with Gasteiger partial charge in [0, 0.05) is 25.5 Å². The van der Waals surface area contributed by atoms with Crippen LogP contribution in [0.5, 0.6) is 5.88 Å². The summed E-state index contributed by atoms with van der Waals surface area (Å²) in [6.07, 6.45) is 4.79. The Morgan fingerprint density at radius 3 is 2.76 bits per heavy atom. The molecule has 2 aromatic rings. The van der Waals surface area contributed by atoms with Gasteiger partial charge in [0.1, 0.15) is 5.69 Å². The van der Waals surface area contributed by atoms with E-state index in [0.29, 0.717) is 30.3 Å². The van der Waals surface area contributed by atoms with Crippen molar-refractivity contribution >= 4 is 16.9 Å². The summed E-state index contributed by atoms with van der Waals surface area (Å²) in [5.41, 5.74) is 2.29. The highest BCUT2D eigenvalue weighted by Crippen LogP contribution is 2.24. The van der Waals surface area contributed by atoms with Crippen LogP contribution in [0.4, 0.5) is 0 Å². The molecule has 1 aromatic heterocycles. The minimum absolute atomic E-state index is 0.0144. The Labute approximate surface area is 147 Å². The van der Waals surface area contributed by atoms with Crippen LogP contribution in [0.25, 0.3) is 11.0 Å². The molecule has 1 aromatic carbocycles. The molecule has 0 radical (unpaired) electrons. The molecule has 1 aliphatic rings. The van der Waals surface area contributed by atoms with E-state index in [9.17, 15) is 9.90 Å². The number of aliphatic hydroxyl groups is 1. The summed E-state index contributed by atoms with van der Waals surface area (Å²) in [5.74, 6) is 0.801. The average molecular weight is 343 g/mol. The van der Waals surface area contributed by atoms with E-state index in [1.807, 2.05) is 24.3 Å². The van der Waals surface area contributed by atoms with Crippen molar-refractivity contribution in [2.24, 2.45) is 5.92 Å². The highest BCUT2D eigenvalue weighted by Gasteiger charge is 2.22. The van der Waals surface area contributed by atoms with Crippen molar-refractivity contribution in [1.29, 1.82) is 0 Å². The Hall–Kier alpha value is -2.21. The number of methoxy groups -OCH3 is 1. The maximum atomic E-state index is 12.3. The molecular weight excluding hydrogens is 318 g/mol. The third kappa shape index (κ3) is 4.45. The lowest BCUT2D eigenvalue weighted by Crippen LogP contribution is -2.39. The molecular formula is C19H25N3O3. The summed E-state index contributed by atoms with van der Waals surface area (Å²) in [6.45, 7) is 0.205. The van der Waals surface area contributed by atoms with Gasteiger partial charge in [-0.15, -0.1) is 0 Å². The Balaban J connectivity index is 1.60. The third-order valence-electron chi connectivity index (χ3n) is 4.79. The first-order chi connectivity index (χ1) is 12.2. The van der Waals surface area contributed by atoms with Crippen LogP contribution in [0.2, 0.25) is 0 Å². The van der Waals surface area contributed by atoms with Gasteiger partial charge in [0.05, 0.1) is 18.1 Å². The molecule has 1 fully saturated rings. The predicted octanol–water partition coefficient (Wildman–Crippen LogP) is 2.24. The van der Waals surface area contributed by atoms with E-state index >= 15 is 0 Å². The van der Waals surface area contributed by atoms with Crippen LogP contribution in [0.1, 0.15) is 37.8 Å². The fraction of sp³-hybridized carbons (Fsp3) is 0.526. The van der Waals surface area contributed by atoms with E-state index < -0.39 is 0 Å². The first-order valence-corrected chi connectivity index (χ1v) is 8.89. The number of rotatable bonds is 6. The molecule has 3 rings (SSSR count). The summed E-state index contributed by atoms with van der Waals surface area (Å²) in [5, 5.41) is 12.4. The van der Waals surface area contributed by atoms with Crippen LogP contribution in [0.15, 0.2) is 24.3 Å². The van der Waals surface area contributed by atoms with Gasteiger partial charge in [-0.05, 0) is 37.3 Å². The Morgan fingerprint density at radius 1 is 1.28 bits per heavy atom. The second-order valence-electron chi connectivity index (χ2n) is 6.65. The van der Waals surface area contributed by atoms with Gasteiger partial charge in [0.25, 0.3) is 0 Å². The van der Waals surface area contributed by atoms with Gasteiger partial charge >= 0.3 is 0 Å². The van der Waals surface area contributed by atoms with Crippen LogP contribution in [0, 0.1) is 5.92 Å².